The Balaban J connectivity index is 2.25. The molecule has 120 valence electrons. The van der Waals surface area contributed by atoms with Crippen LogP contribution < -0.4 is 5.73 Å². The van der Waals surface area contributed by atoms with Crippen LogP contribution in [0.4, 0.5) is 5.69 Å². The normalized spacial score (nSPS) is 12.0. The van der Waals surface area contributed by atoms with Crippen molar-refractivity contribution in [3.8, 4) is 11.3 Å². The lowest BCUT2D eigenvalue weighted by Gasteiger charge is -2.17. The van der Waals surface area contributed by atoms with Crippen LogP contribution in [0.3, 0.4) is 0 Å². The zero-order valence-electron chi connectivity index (χ0n) is 13.2. The molecule has 0 fully saturated rings. The number of hydrogen-bond acceptors (Lipinski definition) is 5. The Hall–Kier alpha value is -2.25. The topological polar surface area (TPSA) is 86.5 Å². The van der Waals surface area contributed by atoms with Crippen LogP contribution in [0.5, 0.6) is 0 Å². The van der Waals surface area contributed by atoms with Crippen molar-refractivity contribution in [2.75, 3.05) is 0 Å². The van der Waals surface area contributed by atoms with Crippen molar-refractivity contribution >= 4 is 22.0 Å². The third-order valence-electron chi connectivity index (χ3n) is 3.72. The van der Waals surface area contributed by atoms with E-state index in [1.807, 2.05) is 15.8 Å². The van der Waals surface area contributed by atoms with Gasteiger partial charge in [0.25, 0.3) is 5.69 Å². The molecule has 0 amide bonds. The molecular weight excluding hydrogens is 312 g/mol. The number of imidazole rings is 1. The Morgan fingerprint density at radius 1 is 1.39 bits per heavy atom. The molecule has 6 nitrogen and oxygen atoms in total. The number of non-ortho nitro benzene ring substituents is 1. The van der Waals surface area contributed by atoms with Gasteiger partial charge in [-0.3, -0.25) is 14.5 Å². The number of nitrogens with zero attached hydrogens (tertiary/aromatic N) is 3. The molecule has 0 saturated heterocycles. The van der Waals surface area contributed by atoms with Gasteiger partial charge in [0.2, 0.25) is 0 Å². The van der Waals surface area contributed by atoms with Crippen molar-refractivity contribution < 1.29 is 4.92 Å². The van der Waals surface area contributed by atoms with Crippen molar-refractivity contribution in [2.45, 2.75) is 32.7 Å². The molecule has 3 aromatic rings. The second-order valence-electron chi connectivity index (χ2n) is 6.41. The first-order chi connectivity index (χ1) is 10.8. The first kappa shape index (κ1) is 15.6. The summed E-state index contributed by atoms with van der Waals surface area (Å²) in [7, 11) is 0. The lowest BCUT2D eigenvalue weighted by molar-refractivity contribution is -0.384. The third-order valence-corrected chi connectivity index (χ3v) is 4.54. The molecule has 23 heavy (non-hydrogen) atoms. The Kier molecular flexibility index (Phi) is 3.69. The Labute approximate surface area is 137 Å². The molecular formula is C16H18N4O2S. The molecule has 2 heterocycles. The highest BCUT2D eigenvalue weighted by Crippen LogP contribution is 2.34. The van der Waals surface area contributed by atoms with Crippen LogP contribution in [0.1, 0.15) is 32.2 Å². The summed E-state index contributed by atoms with van der Waals surface area (Å²) in [6.45, 7) is 6.68. The molecule has 0 aliphatic rings. The molecule has 0 spiro atoms. The quantitative estimate of drug-likeness (QED) is 0.585. The fraction of sp³-hybridized carbons (Fsp3) is 0.312. The van der Waals surface area contributed by atoms with Crippen molar-refractivity contribution in [1.82, 2.24) is 9.38 Å². The first-order valence-electron chi connectivity index (χ1n) is 7.27. The average Bonchev–Trinajstić information content (AvgIpc) is 3.05. The fourth-order valence-corrected chi connectivity index (χ4v) is 3.60. The zero-order chi connectivity index (χ0) is 16.8. The maximum atomic E-state index is 11.0. The molecule has 0 unspecified atom stereocenters. The van der Waals surface area contributed by atoms with E-state index >= 15 is 0 Å². The van der Waals surface area contributed by atoms with Crippen molar-refractivity contribution in [3.63, 3.8) is 0 Å². The number of thiazole rings is 1. The van der Waals surface area contributed by atoms with Crippen LogP contribution in [-0.2, 0) is 12.0 Å². The highest BCUT2D eigenvalue weighted by atomic mass is 32.1. The number of rotatable bonds is 3. The molecule has 0 aliphatic carbocycles. The molecule has 7 heteroatoms. The van der Waals surface area contributed by atoms with Gasteiger partial charge < -0.3 is 5.73 Å². The van der Waals surface area contributed by atoms with Gasteiger partial charge in [0.15, 0.2) is 4.96 Å². The summed E-state index contributed by atoms with van der Waals surface area (Å²) in [6.07, 6.45) is 0. The zero-order valence-corrected chi connectivity index (χ0v) is 14.1. The summed E-state index contributed by atoms with van der Waals surface area (Å²) < 4.78 is 2.02. The summed E-state index contributed by atoms with van der Waals surface area (Å²) >= 11 is 1.52. The largest absolute Gasteiger partial charge is 0.325 e. The lowest BCUT2D eigenvalue weighted by atomic mass is 9.90. The molecule has 0 bridgehead atoms. The van der Waals surface area contributed by atoms with Gasteiger partial charge in [0, 0.05) is 35.0 Å². The second-order valence-corrected chi connectivity index (χ2v) is 7.24. The van der Waals surface area contributed by atoms with Crippen LogP contribution in [0.15, 0.2) is 29.6 Å². The molecule has 1 aromatic carbocycles. The Morgan fingerprint density at radius 2 is 2.13 bits per heavy atom. The number of nitro benzene ring substituents is 1. The number of benzene rings is 1. The van der Waals surface area contributed by atoms with Crippen LogP contribution in [-0.4, -0.2) is 14.3 Å². The maximum absolute atomic E-state index is 11.0. The maximum Gasteiger partial charge on any atom is 0.270 e. The SMILES string of the molecule is CC(C)(C)c1nc2scc(-c3cccc([N+](=O)[O-])c3)n2c1CN. The highest BCUT2D eigenvalue weighted by Gasteiger charge is 2.25. The molecule has 2 N–H and O–H groups in total. The average molecular weight is 330 g/mol. The smallest absolute Gasteiger partial charge is 0.270 e. The van der Waals surface area contributed by atoms with Gasteiger partial charge in [0.05, 0.1) is 22.0 Å². The van der Waals surface area contributed by atoms with E-state index in [-0.39, 0.29) is 16.0 Å². The van der Waals surface area contributed by atoms with Gasteiger partial charge in [-0.15, -0.1) is 11.3 Å². The summed E-state index contributed by atoms with van der Waals surface area (Å²) in [6, 6.07) is 6.64. The minimum absolute atomic E-state index is 0.0762. The van der Waals surface area contributed by atoms with E-state index in [4.69, 9.17) is 10.7 Å². The van der Waals surface area contributed by atoms with Crippen LogP contribution in [0, 0.1) is 10.1 Å². The van der Waals surface area contributed by atoms with E-state index in [0.717, 1.165) is 27.6 Å². The van der Waals surface area contributed by atoms with E-state index < -0.39 is 0 Å². The van der Waals surface area contributed by atoms with Gasteiger partial charge in [-0.25, -0.2) is 4.98 Å². The Bertz CT molecular complexity index is 889. The van der Waals surface area contributed by atoms with Crippen molar-refractivity contribution in [2.24, 2.45) is 5.73 Å². The predicted octanol–water partition coefficient (Wildman–Crippen LogP) is 3.73. The molecule has 2 aromatic heterocycles. The van der Waals surface area contributed by atoms with Crippen LogP contribution in [0.2, 0.25) is 0 Å². The number of fused-ring (bicyclic) bond motifs is 1. The van der Waals surface area contributed by atoms with E-state index in [0.29, 0.717) is 6.54 Å². The molecule has 0 atom stereocenters. The van der Waals surface area contributed by atoms with Crippen LogP contribution in [0.25, 0.3) is 16.2 Å². The van der Waals surface area contributed by atoms with Gasteiger partial charge in [-0.1, -0.05) is 32.9 Å². The second kappa shape index (κ2) is 5.43. The Morgan fingerprint density at radius 3 is 2.74 bits per heavy atom. The van der Waals surface area contributed by atoms with E-state index in [1.54, 1.807) is 12.1 Å². The number of nitrogens with two attached hydrogens (primary N) is 1. The van der Waals surface area contributed by atoms with Crippen molar-refractivity contribution in [1.29, 1.82) is 0 Å². The molecule has 3 rings (SSSR count). The van der Waals surface area contributed by atoms with E-state index in [1.165, 1.54) is 17.4 Å². The molecule has 0 aliphatic heterocycles. The summed E-state index contributed by atoms with van der Waals surface area (Å²) in [5.74, 6) is 0. The minimum atomic E-state index is -0.384. The standard InChI is InChI=1S/C16H18N4O2S/c1-16(2,3)14-12(8-17)19-13(9-23-15(19)18-14)10-5-4-6-11(7-10)20(21)22/h4-7,9H,8,17H2,1-3H3. The van der Waals surface area contributed by atoms with E-state index in [9.17, 15) is 10.1 Å². The fourth-order valence-electron chi connectivity index (χ4n) is 2.68. The van der Waals surface area contributed by atoms with Gasteiger partial charge in [-0.05, 0) is 0 Å². The van der Waals surface area contributed by atoms with Crippen molar-refractivity contribution in [3.05, 3.63) is 51.1 Å². The summed E-state index contributed by atoms with van der Waals surface area (Å²) in [5.41, 5.74) is 9.54. The minimum Gasteiger partial charge on any atom is -0.325 e. The lowest BCUT2D eigenvalue weighted by Crippen LogP contribution is -2.17. The third kappa shape index (κ3) is 2.62. The van der Waals surface area contributed by atoms with Gasteiger partial charge in [0.1, 0.15) is 0 Å². The van der Waals surface area contributed by atoms with E-state index in [2.05, 4.69) is 20.8 Å². The van der Waals surface area contributed by atoms with Gasteiger partial charge in [-0.2, -0.15) is 0 Å². The summed E-state index contributed by atoms with van der Waals surface area (Å²) in [4.78, 5) is 16.2. The monoisotopic (exact) mass is 330 g/mol. The number of nitro groups is 1. The first-order valence-corrected chi connectivity index (χ1v) is 8.15. The van der Waals surface area contributed by atoms with Gasteiger partial charge >= 0.3 is 0 Å². The van der Waals surface area contributed by atoms with Crippen LogP contribution >= 0.6 is 11.3 Å². The molecule has 0 radical (unpaired) electrons. The molecule has 0 saturated carbocycles. The number of aromatic nitrogens is 2. The number of hydrogen-bond donors (Lipinski definition) is 1. The summed E-state index contributed by atoms with van der Waals surface area (Å²) in [5, 5.41) is 13.0. The highest BCUT2D eigenvalue weighted by molar-refractivity contribution is 7.15. The predicted molar refractivity (Wildman–Crippen MR) is 91.8 cm³/mol.